The first-order valence-corrected chi connectivity index (χ1v) is 7.55. The molecule has 2 aromatic rings. The summed E-state index contributed by atoms with van der Waals surface area (Å²) in [5.41, 5.74) is 1.11. The quantitative estimate of drug-likeness (QED) is 0.911. The first-order chi connectivity index (χ1) is 10.2. The zero-order chi connectivity index (χ0) is 14.7. The van der Waals surface area contributed by atoms with Gasteiger partial charge < -0.3 is 9.84 Å². The van der Waals surface area contributed by atoms with Crippen molar-refractivity contribution in [1.29, 1.82) is 0 Å². The van der Waals surface area contributed by atoms with E-state index in [4.69, 9.17) is 4.74 Å². The number of aliphatic carboxylic acids is 1. The molecule has 0 unspecified atom stereocenters. The van der Waals surface area contributed by atoms with Crippen molar-refractivity contribution in [2.75, 3.05) is 6.61 Å². The number of benzene rings is 2. The molecule has 1 saturated heterocycles. The smallest absolute Gasteiger partial charge is 0.306 e. The van der Waals surface area contributed by atoms with Crippen molar-refractivity contribution in [3.8, 4) is 0 Å². The number of carbonyl (C=O) groups is 1. The largest absolute Gasteiger partial charge is 0.481 e. The first kappa shape index (κ1) is 14.1. The molecule has 1 fully saturated rings. The van der Waals surface area contributed by atoms with Gasteiger partial charge in [0.1, 0.15) is 0 Å². The highest BCUT2D eigenvalue weighted by molar-refractivity contribution is 5.86. The fraction of sp³-hybridized carbons (Fsp3) is 0.389. The molecule has 1 aliphatic rings. The number of hydrogen-bond donors (Lipinski definition) is 1. The van der Waals surface area contributed by atoms with Crippen molar-refractivity contribution in [3.05, 3.63) is 48.0 Å². The standard InChI is InChI=1S/C18H20O3/c19-18(20)15(12-16-8-4-10-21-16)11-14-7-3-6-13-5-1-2-9-17(13)14/h1-3,5-7,9,15-16H,4,8,10-12H2,(H,19,20)/t15-,16-/m1/s1. The monoisotopic (exact) mass is 284 g/mol. The van der Waals surface area contributed by atoms with Gasteiger partial charge in [-0.2, -0.15) is 0 Å². The highest BCUT2D eigenvalue weighted by Gasteiger charge is 2.26. The van der Waals surface area contributed by atoms with Crippen LogP contribution in [0.1, 0.15) is 24.8 Å². The van der Waals surface area contributed by atoms with E-state index < -0.39 is 5.97 Å². The van der Waals surface area contributed by atoms with Gasteiger partial charge in [0, 0.05) is 6.61 Å². The molecular formula is C18H20O3. The lowest BCUT2D eigenvalue weighted by atomic mass is 9.90. The van der Waals surface area contributed by atoms with E-state index in [1.165, 1.54) is 0 Å². The molecule has 0 aliphatic carbocycles. The van der Waals surface area contributed by atoms with Gasteiger partial charge in [0.2, 0.25) is 0 Å². The third-order valence-electron chi connectivity index (χ3n) is 4.27. The summed E-state index contributed by atoms with van der Waals surface area (Å²) in [5, 5.41) is 11.8. The summed E-state index contributed by atoms with van der Waals surface area (Å²) < 4.78 is 5.60. The molecule has 1 heterocycles. The second kappa shape index (κ2) is 6.27. The Bertz CT molecular complexity index is 624. The molecule has 1 N–H and O–H groups in total. The predicted octanol–water partition coefficient (Wildman–Crippen LogP) is 3.65. The second-order valence-corrected chi connectivity index (χ2v) is 5.75. The van der Waals surface area contributed by atoms with E-state index in [0.29, 0.717) is 12.8 Å². The Morgan fingerprint density at radius 3 is 2.81 bits per heavy atom. The van der Waals surface area contributed by atoms with Crippen molar-refractivity contribution in [2.45, 2.75) is 31.8 Å². The Hall–Kier alpha value is -1.87. The van der Waals surface area contributed by atoms with Crippen LogP contribution in [0.2, 0.25) is 0 Å². The average molecular weight is 284 g/mol. The number of ether oxygens (including phenoxy) is 1. The van der Waals surface area contributed by atoms with Crippen LogP contribution >= 0.6 is 0 Å². The third-order valence-corrected chi connectivity index (χ3v) is 4.27. The highest BCUT2D eigenvalue weighted by Crippen LogP contribution is 2.26. The maximum absolute atomic E-state index is 11.6. The molecule has 3 heteroatoms. The summed E-state index contributed by atoms with van der Waals surface area (Å²) in [6.45, 7) is 0.769. The van der Waals surface area contributed by atoms with E-state index in [-0.39, 0.29) is 12.0 Å². The van der Waals surface area contributed by atoms with E-state index in [2.05, 4.69) is 18.2 Å². The van der Waals surface area contributed by atoms with Crippen LogP contribution < -0.4 is 0 Å². The average Bonchev–Trinajstić information content (AvgIpc) is 3.00. The molecule has 2 aromatic carbocycles. The van der Waals surface area contributed by atoms with Gasteiger partial charge in [-0.15, -0.1) is 0 Å². The zero-order valence-corrected chi connectivity index (χ0v) is 12.0. The summed E-state index contributed by atoms with van der Waals surface area (Å²) in [6, 6.07) is 14.2. The van der Waals surface area contributed by atoms with Gasteiger partial charge in [-0.25, -0.2) is 0 Å². The van der Waals surface area contributed by atoms with Crippen LogP contribution in [0.5, 0.6) is 0 Å². The number of fused-ring (bicyclic) bond motifs is 1. The Morgan fingerprint density at radius 2 is 2.05 bits per heavy atom. The van der Waals surface area contributed by atoms with Crippen LogP contribution in [0.4, 0.5) is 0 Å². The van der Waals surface area contributed by atoms with Gasteiger partial charge in [0.25, 0.3) is 0 Å². The van der Waals surface area contributed by atoms with Gasteiger partial charge >= 0.3 is 5.97 Å². The van der Waals surface area contributed by atoms with Crippen molar-refractivity contribution in [1.82, 2.24) is 0 Å². The van der Waals surface area contributed by atoms with Crippen LogP contribution in [0, 0.1) is 5.92 Å². The van der Waals surface area contributed by atoms with E-state index >= 15 is 0 Å². The van der Waals surface area contributed by atoms with Crippen molar-refractivity contribution in [3.63, 3.8) is 0 Å². The minimum absolute atomic E-state index is 0.112. The van der Waals surface area contributed by atoms with Crippen molar-refractivity contribution >= 4 is 16.7 Å². The lowest BCUT2D eigenvalue weighted by Crippen LogP contribution is -2.22. The van der Waals surface area contributed by atoms with Crippen molar-refractivity contribution in [2.24, 2.45) is 5.92 Å². The van der Waals surface area contributed by atoms with Crippen LogP contribution in [0.25, 0.3) is 10.8 Å². The van der Waals surface area contributed by atoms with E-state index in [1.807, 2.05) is 24.3 Å². The summed E-state index contributed by atoms with van der Waals surface area (Å²) in [4.78, 5) is 11.6. The first-order valence-electron chi connectivity index (χ1n) is 7.55. The molecule has 0 amide bonds. The molecule has 0 saturated carbocycles. The van der Waals surface area contributed by atoms with E-state index in [1.54, 1.807) is 0 Å². The highest BCUT2D eigenvalue weighted by atomic mass is 16.5. The number of rotatable bonds is 5. The molecule has 0 bridgehead atoms. The summed E-state index contributed by atoms with van der Waals surface area (Å²) in [6.07, 6.45) is 3.32. The molecule has 3 nitrogen and oxygen atoms in total. The van der Waals surface area contributed by atoms with Gasteiger partial charge in [-0.3, -0.25) is 4.79 Å². The van der Waals surface area contributed by atoms with Crippen LogP contribution in [-0.4, -0.2) is 23.8 Å². The van der Waals surface area contributed by atoms with Crippen molar-refractivity contribution < 1.29 is 14.6 Å². The fourth-order valence-corrected chi connectivity index (χ4v) is 3.15. The van der Waals surface area contributed by atoms with E-state index in [0.717, 1.165) is 35.8 Å². The molecule has 110 valence electrons. The minimum Gasteiger partial charge on any atom is -0.481 e. The molecule has 3 rings (SSSR count). The van der Waals surface area contributed by atoms with E-state index in [9.17, 15) is 9.90 Å². The molecule has 1 aliphatic heterocycles. The van der Waals surface area contributed by atoms with Gasteiger partial charge in [-0.05, 0) is 42.0 Å². The molecule has 0 radical (unpaired) electrons. The molecule has 0 aromatic heterocycles. The Morgan fingerprint density at radius 1 is 1.24 bits per heavy atom. The number of hydrogen-bond acceptors (Lipinski definition) is 2. The summed E-state index contributed by atoms with van der Waals surface area (Å²) in [7, 11) is 0. The number of carboxylic acid groups (broad SMARTS) is 1. The van der Waals surface area contributed by atoms with Gasteiger partial charge in [-0.1, -0.05) is 42.5 Å². The van der Waals surface area contributed by atoms with Gasteiger partial charge in [0.15, 0.2) is 0 Å². The minimum atomic E-state index is -0.724. The van der Waals surface area contributed by atoms with Crippen LogP contribution in [0.15, 0.2) is 42.5 Å². The van der Waals surface area contributed by atoms with Crippen LogP contribution in [0.3, 0.4) is 0 Å². The lowest BCUT2D eigenvalue weighted by molar-refractivity contribution is -0.142. The Labute approximate surface area is 124 Å². The molecule has 21 heavy (non-hydrogen) atoms. The maximum atomic E-state index is 11.6. The van der Waals surface area contributed by atoms with Gasteiger partial charge in [0.05, 0.1) is 12.0 Å². The number of carboxylic acids is 1. The molecule has 2 atom stereocenters. The lowest BCUT2D eigenvalue weighted by Gasteiger charge is -2.17. The molecular weight excluding hydrogens is 264 g/mol. The SMILES string of the molecule is O=C(O)[C@H](Cc1cccc2ccccc12)C[C@H]1CCCO1. The zero-order valence-electron chi connectivity index (χ0n) is 12.0. The molecule has 0 spiro atoms. The Kier molecular flexibility index (Phi) is 4.20. The third kappa shape index (κ3) is 3.24. The topological polar surface area (TPSA) is 46.5 Å². The maximum Gasteiger partial charge on any atom is 0.306 e. The fourth-order valence-electron chi connectivity index (χ4n) is 3.15. The normalized spacial score (nSPS) is 19.7. The second-order valence-electron chi connectivity index (χ2n) is 5.75. The Balaban J connectivity index is 1.82. The predicted molar refractivity (Wildman–Crippen MR) is 82.4 cm³/mol. The summed E-state index contributed by atoms with van der Waals surface area (Å²) >= 11 is 0. The van der Waals surface area contributed by atoms with Crippen LogP contribution in [-0.2, 0) is 16.0 Å². The summed E-state index contributed by atoms with van der Waals surface area (Å²) in [5.74, 6) is -1.10.